The largest absolute Gasteiger partial charge is 0.411 e. The van der Waals surface area contributed by atoms with E-state index in [1.807, 2.05) is 24.3 Å². The monoisotopic (exact) mass is 358 g/mol. The molecule has 1 aromatic carbocycles. The molecular formula is C13H15BrClF3O. The van der Waals surface area contributed by atoms with Crippen LogP contribution in [0.25, 0.3) is 0 Å². The summed E-state index contributed by atoms with van der Waals surface area (Å²) in [6.45, 7) is -1.06. The third-order valence-corrected chi connectivity index (χ3v) is 3.76. The molecule has 1 unspecified atom stereocenters. The van der Waals surface area contributed by atoms with Crippen LogP contribution in [0.4, 0.5) is 13.2 Å². The predicted molar refractivity (Wildman–Crippen MR) is 73.9 cm³/mol. The Hall–Kier alpha value is -0.260. The summed E-state index contributed by atoms with van der Waals surface area (Å²) < 4.78 is 40.3. The van der Waals surface area contributed by atoms with Crippen molar-refractivity contribution in [3.63, 3.8) is 0 Å². The number of rotatable bonds is 7. The van der Waals surface area contributed by atoms with Gasteiger partial charge in [0.15, 0.2) is 0 Å². The average Bonchev–Trinajstić information content (AvgIpc) is 2.34. The molecule has 6 heteroatoms. The number of benzene rings is 1. The molecule has 108 valence electrons. The van der Waals surface area contributed by atoms with E-state index in [-0.39, 0.29) is 12.5 Å². The fraction of sp³-hybridized carbons (Fsp3) is 0.538. The number of hydrogen-bond donors (Lipinski definition) is 0. The zero-order valence-electron chi connectivity index (χ0n) is 10.2. The summed E-state index contributed by atoms with van der Waals surface area (Å²) in [5.74, 6) is 0.245. The molecule has 0 saturated carbocycles. The van der Waals surface area contributed by atoms with Crippen molar-refractivity contribution < 1.29 is 17.9 Å². The molecule has 0 N–H and O–H groups in total. The van der Waals surface area contributed by atoms with Gasteiger partial charge in [-0.2, -0.15) is 13.2 Å². The van der Waals surface area contributed by atoms with Gasteiger partial charge in [0, 0.05) is 17.0 Å². The first-order chi connectivity index (χ1) is 8.90. The zero-order valence-corrected chi connectivity index (χ0v) is 12.6. The molecule has 0 aliphatic heterocycles. The third kappa shape index (κ3) is 7.80. The minimum atomic E-state index is -4.25. The molecule has 0 bridgehead atoms. The Balaban J connectivity index is 2.31. The lowest BCUT2D eigenvalue weighted by atomic mass is 9.98. The molecule has 1 nitrogen and oxygen atoms in total. The molecule has 0 aliphatic rings. The topological polar surface area (TPSA) is 9.23 Å². The Labute approximate surface area is 124 Å². The van der Waals surface area contributed by atoms with Gasteiger partial charge in [0.25, 0.3) is 0 Å². The predicted octanol–water partition coefficient (Wildman–Crippen LogP) is 4.86. The van der Waals surface area contributed by atoms with Crippen LogP contribution in [0.15, 0.2) is 24.3 Å². The molecule has 1 rings (SSSR count). The van der Waals surface area contributed by atoms with E-state index >= 15 is 0 Å². The third-order valence-electron chi connectivity index (χ3n) is 2.59. The number of ether oxygens (including phenoxy) is 1. The molecule has 0 saturated heterocycles. The summed E-state index contributed by atoms with van der Waals surface area (Å²) in [6.07, 6.45) is -2.87. The molecule has 1 aromatic rings. The van der Waals surface area contributed by atoms with Gasteiger partial charge >= 0.3 is 6.18 Å². The van der Waals surface area contributed by atoms with Gasteiger partial charge in [0.2, 0.25) is 0 Å². The van der Waals surface area contributed by atoms with Crippen LogP contribution >= 0.6 is 27.5 Å². The van der Waals surface area contributed by atoms with Crippen LogP contribution in [-0.2, 0) is 11.2 Å². The Morgan fingerprint density at radius 1 is 1.21 bits per heavy atom. The maximum absolute atomic E-state index is 11.9. The normalized spacial score (nSPS) is 13.5. The SMILES string of the molecule is FC(F)(F)COCCC(CBr)Cc1ccc(Cl)cc1. The molecule has 0 aliphatic carbocycles. The molecule has 0 amide bonds. The summed E-state index contributed by atoms with van der Waals surface area (Å²) >= 11 is 9.17. The molecule has 1 atom stereocenters. The van der Waals surface area contributed by atoms with Gasteiger partial charge in [-0.05, 0) is 36.5 Å². The van der Waals surface area contributed by atoms with E-state index in [1.54, 1.807) is 0 Å². The Morgan fingerprint density at radius 2 is 1.84 bits per heavy atom. The highest BCUT2D eigenvalue weighted by molar-refractivity contribution is 9.09. The lowest BCUT2D eigenvalue weighted by molar-refractivity contribution is -0.174. The van der Waals surface area contributed by atoms with E-state index in [4.69, 9.17) is 11.6 Å². The summed E-state index contributed by atoms with van der Waals surface area (Å²) in [5, 5.41) is 1.40. The molecule has 0 spiro atoms. The van der Waals surface area contributed by atoms with E-state index in [9.17, 15) is 13.2 Å². The minimum absolute atomic E-state index is 0.114. The molecule has 0 aromatic heterocycles. The van der Waals surface area contributed by atoms with Crippen molar-refractivity contribution in [2.24, 2.45) is 5.92 Å². The second-order valence-corrected chi connectivity index (χ2v) is 5.39. The van der Waals surface area contributed by atoms with Gasteiger partial charge in [0.05, 0.1) is 0 Å². The second kappa shape index (κ2) is 8.12. The van der Waals surface area contributed by atoms with Crippen molar-refractivity contribution in [2.45, 2.75) is 19.0 Å². The summed E-state index contributed by atoms with van der Waals surface area (Å²) in [5.41, 5.74) is 1.12. The first-order valence-corrected chi connectivity index (χ1v) is 7.35. The van der Waals surface area contributed by atoms with Gasteiger partial charge in [0.1, 0.15) is 6.61 Å². The smallest absolute Gasteiger partial charge is 0.372 e. The van der Waals surface area contributed by atoms with Gasteiger partial charge in [-0.25, -0.2) is 0 Å². The van der Waals surface area contributed by atoms with E-state index in [1.165, 1.54) is 0 Å². The van der Waals surface area contributed by atoms with Gasteiger partial charge in [-0.1, -0.05) is 39.7 Å². The average molecular weight is 360 g/mol. The molecular weight excluding hydrogens is 344 g/mol. The molecule has 0 fully saturated rings. The summed E-state index contributed by atoms with van der Waals surface area (Å²) in [4.78, 5) is 0. The fourth-order valence-corrected chi connectivity index (χ4v) is 2.30. The summed E-state index contributed by atoms with van der Waals surface area (Å²) in [7, 11) is 0. The van der Waals surface area contributed by atoms with E-state index in [0.29, 0.717) is 11.4 Å². The lowest BCUT2D eigenvalue weighted by Crippen LogP contribution is -2.19. The van der Waals surface area contributed by atoms with Gasteiger partial charge < -0.3 is 4.74 Å². The number of halogens is 5. The highest BCUT2D eigenvalue weighted by Gasteiger charge is 2.27. The Morgan fingerprint density at radius 3 is 2.37 bits per heavy atom. The Bertz CT molecular complexity index is 367. The fourth-order valence-electron chi connectivity index (χ4n) is 1.63. The van der Waals surface area contributed by atoms with Crippen LogP contribution in [0, 0.1) is 5.92 Å². The maximum atomic E-state index is 11.9. The Kier molecular flexibility index (Phi) is 7.18. The zero-order chi connectivity index (χ0) is 14.3. The first kappa shape index (κ1) is 16.8. The van der Waals surface area contributed by atoms with Crippen LogP contribution in [0.2, 0.25) is 5.02 Å². The van der Waals surface area contributed by atoms with Crippen molar-refractivity contribution in [1.82, 2.24) is 0 Å². The second-order valence-electron chi connectivity index (χ2n) is 4.31. The van der Waals surface area contributed by atoms with Crippen LogP contribution in [0.1, 0.15) is 12.0 Å². The van der Waals surface area contributed by atoms with Gasteiger partial charge in [-0.15, -0.1) is 0 Å². The van der Waals surface area contributed by atoms with Crippen molar-refractivity contribution in [3.8, 4) is 0 Å². The highest BCUT2D eigenvalue weighted by atomic mass is 79.9. The van der Waals surface area contributed by atoms with Crippen molar-refractivity contribution in [3.05, 3.63) is 34.9 Å². The van der Waals surface area contributed by atoms with Crippen molar-refractivity contribution >= 4 is 27.5 Å². The lowest BCUT2D eigenvalue weighted by Gasteiger charge is -2.15. The van der Waals surface area contributed by atoms with Gasteiger partial charge in [-0.3, -0.25) is 0 Å². The molecule has 0 radical (unpaired) electrons. The van der Waals surface area contributed by atoms with Crippen LogP contribution < -0.4 is 0 Å². The van der Waals surface area contributed by atoms with E-state index in [0.717, 1.165) is 17.3 Å². The standard InChI is InChI=1S/C13H15BrClF3O/c14-8-11(5-6-19-9-13(16,17)18)7-10-1-3-12(15)4-2-10/h1-4,11H,5-9H2. The van der Waals surface area contributed by atoms with Crippen molar-refractivity contribution in [2.75, 3.05) is 18.5 Å². The molecule has 0 heterocycles. The highest BCUT2D eigenvalue weighted by Crippen LogP contribution is 2.19. The van der Waals surface area contributed by atoms with Crippen LogP contribution in [0.5, 0.6) is 0 Å². The van der Waals surface area contributed by atoms with E-state index in [2.05, 4.69) is 20.7 Å². The quantitative estimate of drug-likeness (QED) is 0.499. The van der Waals surface area contributed by atoms with Crippen molar-refractivity contribution in [1.29, 1.82) is 0 Å². The van der Waals surface area contributed by atoms with Crippen LogP contribution in [-0.4, -0.2) is 24.7 Å². The first-order valence-electron chi connectivity index (χ1n) is 5.85. The summed E-state index contributed by atoms with van der Waals surface area (Å²) in [6, 6.07) is 7.47. The number of alkyl halides is 4. The van der Waals surface area contributed by atoms with Crippen LogP contribution in [0.3, 0.4) is 0 Å². The molecule has 19 heavy (non-hydrogen) atoms. The minimum Gasteiger partial charge on any atom is -0.372 e. The number of hydrogen-bond acceptors (Lipinski definition) is 1. The van der Waals surface area contributed by atoms with E-state index < -0.39 is 12.8 Å². The maximum Gasteiger partial charge on any atom is 0.411 e.